The molecule has 0 N–H and O–H groups in total. The van der Waals surface area contributed by atoms with Gasteiger partial charge in [0, 0.05) is 12.7 Å². The molecule has 1 aromatic heterocycles. The third kappa shape index (κ3) is 3.08. The normalized spacial score (nSPS) is 10.2. The van der Waals surface area contributed by atoms with Crippen molar-refractivity contribution in [3.8, 4) is 0 Å². The number of hydrogen-bond donors (Lipinski definition) is 0. The Morgan fingerprint density at radius 2 is 1.94 bits per heavy atom. The van der Waals surface area contributed by atoms with E-state index < -0.39 is 0 Å². The maximum Gasteiger partial charge on any atom is 0.192 e. The van der Waals surface area contributed by atoms with Gasteiger partial charge in [-0.1, -0.05) is 29.8 Å². The zero-order valence-corrected chi connectivity index (χ0v) is 11.0. The monoisotopic (exact) mass is 265 g/mol. The summed E-state index contributed by atoms with van der Waals surface area (Å²) in [6, 6.07) is 13.4. The average Bonchev–Trinajstić information content (AvgIpc) is 2.77. The van der Waals surface area contributed by atoms with E-state index in [1.807, 2.05) is 42.3 Å². The first-order chi connectivity index (χ1) is 8.16. The first-order valence-corrected chi connectivity index (χ1v) is 6.41. The second-order valence-electron chi connectivity index (χ2n) is 3.72. The quantitative estimate of drug-likeness (QED) is 0.786. The van der Waals surface area contributed by atoms with E-state index in [1.165, 1.54) is 11.3 Å². The predicted octanol–water partition coefficient (Wildman–Crippen LogP) is 3.72. The fourth-order valence-corrected chi connectivity index (χ4v) is 2.50. The highest BCUT2D eigenvalue weighted by Crippen LogP contribution is 2.22. The Labute approximate surface area is 109 Å². The fourth-order valence-electron chi connectivity index (χ4n) is 1.53. The minimum absolute atomic E-state index is 0.0910. The molecule has 0 unspecified atom stereocenters. The number of benzene rings is 1. The number of Topliss-reactive ketones (excluding diaryl/α,β-unsaturated/α-hetero) is 1. The largest absolute Gasteiger partial charge is 0.367 e. The highest BCUT2D eigenvalue weighted by molar-refractivity contribution is 7.18. The van der Waals surface area contributed by atoms with Crippen LogP contribution >= 0.6 is 22.9 Å². The third-order valence-corrected chi connectivity index (χ3v) is 3.70. The van der Waals surface area contributed by atoms with Gasteiger partial charge in [-0.15, -0.1) is 11.3 Å². The first-order valence-electron chi connectivity index (χ1n) is 5.21. The van der Waals surface area contributed by atoms with Gasteiger partial charge in [0.15, 0.2) is 5.78 Å². The molecule has 17 heavy (non-hydrogen) atoms. The lowest BCUT2D eigenvalue weighted by Crippen LogP contribution is -2.24. The van der Waals surface area contributed by atoms with Crippen LogP contribution < -0.4 is 4.90 Å². The van der Waals surface area contributed by atoms with E-state index >= 15 is 0 Å². The van der Waals surface area contributed by atoms with Crippen molar-refractivity contribution in [2.24, 2.45) is 0 Å². The Kier molecular flexibility index (Phi) is 3.82. The molecule has 0 saturated heterocycles. The Morgan fingerprint density at radius 3 is 2.53 bits per heavy atom. The van der Waals surface area contributed by atoms with E-state index in [1.54, 1.807) is 12.1 Å². The van der Waals surface area contributed by atoms with Crippen molar-refractivity contribution in [1.29, 1.82) is 0 Å². The van der Waals surface area contributed by atoms with Crippen molar-refractivity contribution < 1.29 is 4.79 Å². The van der Waals surface area contributed by atoms with Crippen LogP contribution in [-0.2, 0) is 0 Å². The van der Waals surface area contributed by atoms with Crippen LogP contribution in [0.2, 0.25) is 4.34 Å². The van der Waals surface area contributed by atoms with Crippen molar-refractivity contribution in [3.05, 3.63) is 51.7 Å². The molecule has 1 aromatic carbocycles. The van der Waals surface area contributed by atoms with Gasteiger partial charge in [0.05, 0.1) is 15.8 Å². The number of carbonyl (C=O) groups is 1. The molecule has 2 aromatic rings. The summed E-state index contributed by atoms with van der Waals surface area (Å²) in [7, 11) is 1.91. The van der Waals surface area contributed by atoms with Crippen LogP contribution in [-0.4, -0.2) is 19.4 Å². The minimum atomic E-state index is 0.0910. The number of anilines is 1. The van der Waals surface area contributed by atoms with Crippen LogP contribution in [0.3, 0.4) is 0 Å². The summed E-state index contributed by atoms with van der Waals surface area (Å²) in [5, 5.41) is 0. The molecule has 0 fully saturated rings. The van der Waals surface area contributed by atoms with Gasteiger partial charge in [0.1, 0.15) is 0 Å². The van der Waals surface area contributed by atoms with E-state index in [4.69, 9.17) is 11.6 Å². The molecule has 0 aliphatic rings. The molecule has 0 spiro atoms. The summed E-state index contributed by atoms with van der Waals surface area (Å²) in [6.07, 6.45) is 0. The number of rotatable bonds is 4. The molecule has 0 radical (unpaired) electrons. The molecule has 0 saturated carbocycles. The maximum absolute atomic E-state index is 12.0. The third-order valence-electron chi connectivity index (χ3n) is 2.43. The lowest BCUT2D eigenvalue weighted by Gasteiger charge is -2.17. The highest BCUT2D eigenvalue weighted by atomic mass is 35.5. The summed E-state index contributed by atoms with van der Waals surface area (Å²) in [5.41, 5.74) is 1.03. The van der Waals surface area contributed by atoms with Gasteiger partial charge >= 0.3 is 0 Å². The van der Waals surface area contributed by atoms with Crippen LogP contribution in [0.5, 0.6) is 0 Å². The maximum atomic E-state index is 12.0. The van der Waals surface area contributed by atoms with Gasteiger partial charge in [0.25, 0.3) is 0 Å². The molecule has 0 amide bonds. The van der Waals surface area contributed by atoms with Crippen LogP contribution in [0.25, 0.3) is 0 Å². The molecule has 0 bridgehead atoms. The summed E-state index contributed by atoms with van der Waals surface area (Å²) < 4.78 is 0.649. The summed E-state index contributed by atoms with van der Waals surface area (Å²) in [5.74, 6) is 0.0910. The van der Waals surface area contributed by atoms with Gasteiger partial charge in [-0.25, -0.2) is 0 Å². The number of carbonyl (C=O) groups excluding carboxylic acids is 1. The lowest BCUT2D eigenvalue weighted by atomic mass is 10.2. The number of hydrogen-bond acceptors (Lipinski definition) is 3. The van der Waals surface area contributed by atoms with E-state index in [0.717, 1.165) is 5.69 Å². The summed E-state index contributed by atoms with van der Waals surface area (Å²) >= 11 is 7.13. The highest BCUT2D eigenvalue weighted by Gasteiger charge is 2.11. The van der Waals surface area contributed by atoms with Crippen LogP contribution in [0.1, 0.15) is 9.67 Å². The molecule has 2 nitrogen and oxygen atoms in total. The Balaban J connectivity index is 2.04. The number of nitrogens with zero attached hydrogens (tertiary/aromatic N) is 1. The minimum Gasteiger partial charge on any atom is -0.367 e. The van der Waals surface area contributed by atoms with Crippen molar-refractivity contribution in [1.82, 2.24) is 0 Å². The van der Waals surface area contributed by atoms with Crippen molar-refractivity contribution >= 4 is 34.4 Å². The molecule has 1 heterocycles. The predicted molar refractivity (Wildman–Crippen MR) is 73.4 cm³/mol. The summed E-state index contributed by atoms with van der Waals surface area (Å²) in [4.78, 5) is 14.6. The van der Waals surface area contributed by atoms with Gasteiger partial charge in [-0.2, -0.15) is 0 Å². The van der Waals surface area contributed by atoms with Gasteiger partial charge in [0.2, 0.25) is 0 Å². The van der Waals surface area contributed by atoms with Crippen LogP contribution in [0, 0.1) is 0 Å². The average molecular weight is 266 g/mol. The van der Waals surface area contributed by atoms with Gasteiger partial charge in [-0.05, 0) is 24.3 Å². The topological polar surface area (TPSA) is 20.3 Å². The zero-order chi connectivity index (χ0) is 12.3. The van der Waals surface area contributed by atoms with E-state index in [9.17, 15) is 4.79 Å². The number of ketones is 1. The smallest absolute Gasteiger partial charge is 0.192 e. The lowest BCUT2D eigenvalue weighted by molar-refractivity contribution is 0.100. The number of para-hydroxylation sites is 1. The molecule has 4 heteroatoms. The molecule has 0 aliphatic carbocycles. The van der Waals surface area contributed by atoms with Crippen LogP contribution in [0.15, 0.2) is 42.5 Å². The van der Waals surface area contributed by atoms with Crippen molar-refractivity contribution in [2.75, 3.05) is 18.5 Å². The molecule has 0 aliphatic heterocycles. The van der Waals surface area contributed by atoms with E-state index in [0.29, 0.717) is 15.8 Å². The Morgan fingerprint density at radius 1 is 1.24 bits per heavy atom. The van der Waals surface area contributed by atoms with Gasteiger partial charge in [-0.3, -0.25) is 4.79 Å². The fraction of sp³-hybridized carbons (Fsp3) is 0.154. The number of halogens is 1. The molecule has 88 valence electrons. The number of thiophene rings is 1. The van der Waals surface area contributed by atoms with Gasteiger partial charge < -0.3 is 4.90 Å². The Hall–Kier alpha value is -1.32. The van der Waals surface area contributed by atoms with Crippen molar-refractivity contribution in [2.45, 2.75) is 0 Å². The molecule has 2 rings (SSSR count). The molecular formula is C13H12ClNOS. The Bertz CT molecular complexity index is 509. The zero-order valence-electron chi connectivity index (χ0n) is 9.39. The second kappa shape index (κ2) is 5.34. The second-order valence-corrected chi connectivity index (χ2v) is 5.43. The molecular weight excluding hydrogens is 254 g/mol. The van der Waals surface area contributed by atoms with Crippen molar-refractivity contribution in [3.63, 3.8) is 0 Å². The first kappa shape index (κ1) is 12.1. The number of likely N-dealkylation sites (N-methyl/N-ethyl adjacent to an activating group) is 1. The SMILES string of the molecule is CN(CC(=O)c1ccc(Cl)s1)c1ccccc1. The van der Waals surface area contributed by atoms with E-state index in [-0.39, 0.29) is 5.78 Å². The standard InChI is InChI=1S/C13H12ClNOS/c1-15(10-5-3-2-4-6-10)9-11(16)12-7-8-13(14)17-12/h2-8H,9H2,1H3. The summed E-state index contributed by atoms with van der Waals surface area (Å²) in [6.45, 7) is 0.362. The van der Waals surface area contributed by atoms with E-state index in [2.05, 4.69) is 0 Å². The molecule has 0 atom stereocenters. The van der Waals surface area contributed by atoms with Crippen LogP contribution in [0.4, 0.5) is 5.69 Å².